The summed E-state index contributed by atoms with van der Waals surface area (Å²) in [5, 5.41) is 11.4. The molecule has 2 aromatic heterocycles. The molecule has 0 amide bonds. The fourth-order valence-corrected chi connectivity index (χ4v) is 2.94. The molecule has 12 heteroatoms. The van der Waals surface area contributed by atoms with Gasteiger partial charge in [0.25, 0.3) is 10.0 Å². The first-order valence-corrected chi connectivity index (χ1v) is 8.69. The van der Waals surface area contributed by atoms with Gasteiger partial charge in [0.2, 0.25) is 11.6 Å². The fourth-order valence-electron chi connectivity index (χ4n) is 2.09. The highest BCUT2D eigenvalue weighted by Gasteiger charge is 2.25. The maximum atomic E-state index is 12.3. The number of sulfonamides is 1. The zero-order chi connectivity index (χ0) is 18.7. The molecule has 0 unspecified atom stereocenters. The minimum absolute atomic E-state index is 0.00198. The smallest absolute Gasteiger partial charge is 0.286 e. The molecule has 3 aromatic rings. The molecule has 0 bridgehead atoms. The Morgan fingerprint density at radius 1 is 1.19 bits per heavy atom. The molecule has 3 rings (SSSR count). The number of aryl methyl sites for hydroxylation is 1. The largest absolute Gasteiger partial charge is 0.355 e. The second kappa shape index (κ2) is 6.85. The predicted molar refractivity (Wildman–Crippen MR) is 90.9 cm³/mol. The Kier molecular flexibility index (Phi) is 4.60. The van der Waals surface area contributed by atoms with Crippen LogP contribution in [0.3, 0.4) is 0 Å². The van der Waals surface area contributed by atoms with Gasteiger partial charge < -0.3 is 0 Å². The van der Waals surface area contributed by atoms with Crippen LogP contribution in [0.15, 0.2) is 54.2 Å². The number of nitrogens with one attached hydrogen (secondary N) is 2. The molecule has 26 heavy (non-hydrogen) atoms. The van der Waals surface area contributed by atoms with Gasteiger partial charge in [-0.3, -0.25) is 20.1 Å². The lowest BCUT2D eigenvalue weighted by molar-refractivity contribution is -0.384. The van der Waals surface area contributed by atoms with Gasteiger partial charge in [-0.15, -0.1) is 4.83 Å². The highest BCUT2D eigenvalue weighted by Crippen LogP contribution is 2.27. The van der Waals surface area contributed by atoms with Gasteiger partial charge in [0, 0.05) is 12.4 Å². The van der Waals surface area contributed by atoms with Crippen molar-refractivity contribution in [3.8, 4) is 5.82 Å². The van der Waals surface area contributed by atoms with Gasteiger partial charge >= 0.3 is 5.69 Å². The summed E-state index contributed by atoms with van der Waals surface area (Å²) in [5.74, 6) is -0.357. The van der Waals surface area contributed by atoms with Gasteiger partial charge in [-0.25, -0.2) is 23.4 Å². The monoisotopic (exact) mass is 375 g/mol. The molecule has 1 aromatic carbocycles. The highest BCUT2D eigenvalue weighted by atomic mass is 32.2. The van der Waals surface area contributed by atoms with Crippen molar-refractivity contribution in [3.05, 3.63) is 65.0 Å². The highest BCUT2D eigenvalue weighted by molar-refractivity contribution is 7.89. The summed E-state index contributed by atoms with van der Waals surface area (Å²) in [6.45, 7) is 1.82. The molecule has 0 spiro atoms. The third kappa shape index (κ3) is 3.50. The van der Waals surface area contributed by atoms with Gasteiger partial charge in [0.05, 0.1) is 9.82 Å². The van der Waals surface area contributed by atoms with Crippen LogP contribution in [0.4, 0.5) is 11.5 Å². The number of benzene rings is 1. The molecule has 134 valence electrons. The normalized spacial score (nSPS) is 11.3. The first-order chi connectivity index (χ1) is 12.4. The van der Waals surface area contributed by atoms with Crippen molar-refractivity contribution < 1.29 is 13.3 Å². The van der Waals surface area contributed by atoms with Crippen LogP contribution in [-0.4, -0.2) is 32.9 Å². The molecule has 2 heterocycles. The summed E-state index contributed by atoms with van der Waals surface area (Å²) >= 11 is 0. The molecular weight excluding hydrogens is 362 g/mol. The van der Waals surface area contributed by atoms with Crippen LogP contribution >= 0.6 is 0 Å². The molecule has 0 fully saturated rings. The van der Waals surface area contributed by atoms with Crippen molar-refractivity contribution in [3.63, 3.8) is 0 Å². The van der Waals surface area contributed by atoms with Crippen LogP contribution < -0.4 is 10.3 Å². The van der Waals surface area contributed by atoms with Crippen LogP contribution in [0.5, 0.6) is 0 Å². The van der Waals surface area contributed by atoms with E-state index in [0.717, 1.165) is 11.9 Å². The number of hydrogen-bond donors (Lipinski definition) is 2. The second-order valence-electron chi connectivity index (χ2n) is 5.17. The number of anilines is 1. The van der Waals surface area contributed by atoms with E-state index < -0.39 is 20.6 Å². The van der Waals surface area contributed by atoms with Crippen molar-refractivity contribution >= 4 is 21.5 Å². The SMILES string of the molecule is Cc1ccc(S(=O)(=O)NNc2ncnc(-n3ccnc3)c2[N+](=O)[O-])cc1. The molecule has 0 aliphatic rings. The van der Waals surface area contributed by atoms with E-state index in [1.165, 1.54) is 35.4 Å². The van der Waals surface area contributed by atoms with Crippen molar-refractivity contribution in [2.24, 2.45) is 0 Å². The summed E-state index contributed by atoms with van der Waals surface area (Å²) in [6.07, 6.45) is 5.30. The number of rotatable bonds is 6. The first-order valence-electron chi connectivity index (χ1n) is 7.21. The molecule has 0 aliphatic carbocycles. The van der Waals surface area contributed by atoms with E-state index in [0.29, 0.717) is 0 Å². The standard InChI is InChI=1S/C14H13N7O4S/c1-10-2-4-11(5-3-10)26(24,25)19-18-13-12(21(22)23)14(17-8-16-13)20-7-6-15-9-20/h2-9,19H,1H3,(H,16,17,18). The minimum Gasteiger partial charge on any atom is -0.286 e. The average Bonchev–Trinajstić information content (AvgIpc) is 3.14. The number of imidazole rings is 1. The third-order valence-corrected chi connectivity index (χ3v) is 4.63. The zero-order valence-corrected chi connectivity index (χ0v) is 14.2. The van der Waals surface area contributed by atoms with Gasteiger partial charge in [-0.2, -0.15) is 0 Å². The fraction of sp³-hybridized carbons (Fsp3) is 0.0714. The van der Waals surface area contributed by atoms with Gasteiger partial charge in [-0.1, -0.05) is 17.7 Å². The lowest BCUT2D eigenvalue weighted by atomic mass is 10.2. The van der Waals surface area contributed by atoms with E-state index >= 15 is 0 Å². The summed E-state index contributed by atoms with van der Waals surface area (Å²) in [6, 6.07) is 6.12. The van der Waals surface area contributed by atoms with Crippen LogP contribution in [0, 0.1) is 17.0 Å². The Morgan fingerprint density at radius 2 is 1.92 bits per heavy atom. The summed E-state index contributed by atoms with van der Waals surface area (Å²) in [5.41, 5.74) is 2.68. The van der Waals surface area contributed by atoms with E-state index in [1.54, 1.807) is 12.1 Å². The molecule has 0 atom stereocenters. The van der Waals surface area contributed by atoms with Gasteiger partial charge in [-0.05, 0) is 19.1 Å². The van der Waals surface area contributed by atoms with Crippen molar-refractivity contribution in [2.45, 2.75) is 11.8 Å². The van der Waals surface area contributed by atoms with Crippen LogP contribution in [0.2, 0.25) is 0 Å². The number of aromatic nitrogens is 4. The van der Waals surface area contributed by atoms with Crippen molar-refractivity contribution in [2.75, 3.05) is 5.43 Å². The van der Waals surface area contributed by atoms with Gasteiger partial charge in [0.1, 0.15) is 12.7 Å². The topological polar surface area (TPSA) is 145 Å². The Balaban J connectivity index is 1.92. The molecule has 0 radical (unpaired) electrons. The summed E-state index contributed by atoms with van der Waals surface area (Å²) < 4.78 is 25.9. The third-order valence-electron chi connectivity index (χ3n) is 3.37. The van der Waals surface area contributed by atoms with Crippen molar-refractivity contribution in [1.29, 1.82) is 0 Å². The van der Waals surface area contributed by atoms with Crippen LogP contribution in [0.1, 0.15) is 5.56 Å². The molecule has 2 N–H and O–H groups in total. The Bertz CT molecular complexity index is 1030. The number of hydrogen-bond acceptors (Lipinski definition) is 8. The van der Waals surface area contributed by atoms with Crippen LogP contribution in [0.25, 0.3) is 5.82 Å². The Hall–Kier alpha value is -3.38. The van der Waals surface area contributed by atoms with Gasteiger partial charge in [0.15, 0.2) is 0 Å². The summed E-state index contributed by atoms with van der Waals surface area (Å²) in [7, 11) is -3.95. The quantitative estimate of drug-likeness (QED) is 0.482. The Labute approximate surface area is 147 Å². The molecule has 0 saturated heterocycles. The number of hydrazine groups is 1. The van der Waals surface area contributed by atoms with Crippen LogP contribution in [-0.2, 0) is 10.0 Å². The van der Waals surface area contributed by atoms with E-state index in [2.05, 4.69) is 25.2 Å². The Morgan fingerprint density at radius 3 is 2.54 bits per heavy atom. The number of nitro groups is 1. The van der Waals surface area contributed by atoms with E-state index in [9.17, 15) is 18.5 Å². The first kappa shape index (κ1) is 17.4. The van der Waals surface area contributed by atoms with Crippen molar-refractivity contribution in [1.82, 2.24) is 24.4 Å². The predicted octanol–water partition coefficient (Wildman–Crippen LogP) is 1.18. The lowest BCUT2D eigenvalue weighted by Crippen LogP contribution is -2.30. The maximum absolute atomic E-state index is 12.3. The lowest BCUT2D eigenvalue weighted by Gasteiger charge is -2.10. The molecular formula is C14H13N7O4S. The average molecular weight is 375 g/mol. The second-order valence-corrected chi connectivity index (χ2v) is 6.85. The van der Waals surface area contributed by atoms with E-state index in [4.69, 9.17) is 0 Å². The molecule has 0 aliphatic heterocycles. The van der Waals surface area contributed by atoms with E-state index in [-0.39, 0.29) is 16.5 Å². The zero-order valence-electron chi connectivity index (χ0n) is 13.4. The minimum atomic E-state index is -3.95. The maximum Gasteiger partial charge on any atom is 0.355 e. The molecule has 11 nitrogen and oxygen atoms in total. The molecule has 0 saturated carbocycles. The number of nitrogens with zero attached hydrogens (tertiary/aromatic N) is 5. The van der Waals surface area contributed by atoms with E-state index in [1.807, 2.05) is 6.92 Å². The summed E-state index contributed by atoms with van der Waals surface area (Å²) in [4.78, 5) is 24.3.